The second-order valence-electron chi connectivity index (χ2n) is 5.57. The van der Waals surface area contributed by atoms with E-state index in [1.54, 1.807) is 0 Å². The van der Waals surface area contributed by atoms with Crippen molar-refractivity contribution in [2.75, 3.05) is 12.4 Å². The number of carbonyl (C=O) groups is 1. The van der Waals surface area contributed by atoms with Gasteiger partial charge in [0.1, 0.15) is 10.6 Å². The zero-order valence-electron chi connectivity index (χ0n) is 15.1. The van der Waals surface area contributed by atoms with E-state index in [1.165, 1.54) is 0 Å². The quantitative estimate of drug-likeness (QED) is 0.353. The molecule has 1 aromatic carbocycles. The summed E-state index contributed by atoms with van der Waals surface area (Å²) in [5, 5.41) is 22.4. The van der Waals surface area contributed by atoms with Gasteiger partial charge in [-0.05, 0) is 6.42 Å². The first-order chi connectivity index (χ1) is 13.3. The van der Waals surface area contributed by atoms with Crippen molar-refractivity contribution in [1.82, 2.24) is 10.2 Å². The van der Waals surface area contributed by atoms with Crippen molar-refractivity contribution >= 4 is 28.1 Å². The Labute approximate surface area is 162 Å². The number of aryl methyl sites for hydroxylation is 1. The smallest absolute Gasteiger partial charge is 0.387 e. The summed E-state index contributed by atoms with van der Waals surface area (Å²) in [6, 6.07) is 1.69. The van der Waals surface area contributed by atoms with Gasteiger partial charge < -0.3 is 9.47 Å². The molecule has 0 radical (unpaired) electrons. The van der Waals surface area contributed by atoms with Gasteiger partial charge in [0.2, 0.25) is 5.13 Å². The molecule has 0 saturated carbocycles. The van der Waals surface area contributed by atoms with Gasteiger partial charge in [0.15, 0.2) is 11.5 Å². The summed E-state index contributed by atoms with van der Waals surface area (Å²) in [4.78, 5) is 22.9. The number of nitrogens with one attached hydrogen (secondary N) is 1. The highest BCUT2D eigenvalue weighted by Crippen LogP contribution is 2.36. The highest BCUT2D eigenvalue weighted by atomic mass is 32.1. The number of methoxy groups -OCH3 is 1. The molecule has 0 aliphatic rings. The Kier molecular flexibility index (Phi) is 7.55. The number of unbranched alkanes of at least 4 members (excludes halogenated alkanes) is 2. The first-order valence-corrected chi connectivity index (χ1v) is 9.12. The van der Waals surface area contributed by atoms with Crippen LogP contribution in [-0.4, -0.2) is 34.7 Å². The van der Waals surface area contributed by atoms with Gasteiger partial charge in [0.25, 0.3) is 11.6 Å². The number of alkyl halides is 2. The number of anilines is 1. The van der Waals surface area contributed by atoms with Gasteiger partial charge in [-0.3, -0.25) is 20.2 Å². The Balaban J connectivity index is 2.25. The number of hydrogen-bond donors (Lipinski definition) is 1. The van der Waals surface area contributed by atoms with Crippen molar-refractivity contribution in [2.24, 2.45) is 0 Å². The van der Waals surface area contributed by atoms with Crippen molar-refractivity contribution in [3.05, 3.63) is 32.8 Å². The van der Waals surface area contributed by atoms with E-state index in [2.05, 4.69) is 27.2 Å². The van der Waals surface area contributed by atoms with Gasteiger partial charge in [-0.15, -0.1) is 10.2 Å². The molecule has 2 aromatic rings. The van der Waals surface area contributed by atoms with Gasteiger partial charge in [-0.1, -0.05) is 31.1 Å². The summed E-state index contributed by atoms with van der Waals surface area (Å²) in [5.74, 6) is -1.63. The number of hydrogen-bond acceptors (Lipinski definition) is 8. The number of rotatable bonds is 10. The summed E-state index contributed by atoms with van der Waals surface area (Å²) in [5.41, 5.74) is -1.09. The molecule has 0 spiro atoms. The van der Waals surface area contributed by atoms with E-state index in [-0.39, 0.29) is 16.4 Å². The van der Waals surface area contributed by atoms with Crippen LogP contribution in [0.1, 0.15) is 41.6 Å². The molecule has 1 heterocycles. The third-order valence-corrected chi connectivity index (χ3v) is 4.52. The summed E-state index contributed by atoms with van der Waals surface area (Å²) >= 11 is 1.16. The first-order valence-electron chi connectivity index (χ1n) is 8.30. The van der Waals surface area contributed by atoms with E-state index in [1.807, 2.05) is 0 Å². The maximum Gasteiger partial charge on any atom is 0.387 e. The molecule has 0 fully saturated rings. The third kappa shape index (κ3) is 5.55. The Hall–Kier alpha value is -2.89. The van der Waals surface area contributed by atoms with Crippen LogP contribution in [0.4, 0.5) is 19.6 Å². The summed E-state index contributed by atoms with van der Waals surface area (Å²) in [7, 11) is 1.16. The molecule has 0 aliphatic carbocycles. The summed E-state index contributed by atoms with van der Waals surface area (Å²) in [6.07, 6.45) is 3.75. The lowest BCUT2D eigenvalue weighted by Crippen LogP contribution is -2.15. The number of nitrogens with zero attached hydrogens (tertiary/aromatic N) is 3. The lowest BCUT2D eigenvalue weighted by molar-refractivity contribution is -0.385. The van der Waals surface area contributed by atoms with E-state index in [0.717, 1.165) is 61.3 Å². The molecule has 0 bridgehead atoms. The number of nitro benzene ring substituents is 1. The van der Waals surface area contributed by atoms with Crippen LogP contribution in [0.25, 0.3) is 0 Å². The molecular weight excluding hydrogens is 398 g/mol. The number of halogens is 2. The minimum atomic E-state index is -3.21. The number of amides is 1. The number of benzene rings is 1. The fourth-order valence-electron chi connectivity index (χ4n) is 2.33. The van der Waals surface area contributed by atoms with Gasteiger partial charge in [0, 0.05) is 12.5 Å². The Morgan fingerprint density at radius 3 is 2.68 bits per heavy atom. The topological polar surface area (TPSA) is 116 Å². The fraction of sp³-hybridized carbons (Fsp3) is 0.438. The highest BCUT2D eigenvalue weighted by Gasteiger charge is 2.26. The Bertz CT molecular complexity index is 846. The van der Waals surface area contributed by atoms with Crippen LogP contribution < -0.4 is 14.8 Å². The number of carbonyl (C=O) groups excluding carboxylic acids is 1. The normalized spacial score (nSPS) is 10.8. The lowest BCUT2D eigenvalue weighted by atomic mass is 10.1. The van der Waals surface area contributed by atoms with Crippen LogP contribution in [-0.2, 0) is 6.42 Å². The molecule has 0 atom stereocenters. The van der Waals surface area contributed by atoms with Crippen molar-refractivity contribution in [3.8, 4) is 11.5 Å². The fourth-order valence-corrected chi connectivity index (χ4v) is 3.10. The molecule has 152 valence electrons. The second kappa shape index (κ2) is 9.88. The molecule has 1 amide bonds. The predicted molar refractivity (Wildman–Crippen MR) is 97.4 cm³/mol. The average molecular weight is 416 g/mol. The maximum absolute atomic E-state index is 12.5. The van der Waals surface area contributed by atoms with Crippen molar-refractivity contribution in [2.45, 2.75) is 39.2 Å². The molecule has 2 rings (SSSR count). The molecule has 1 aromatic heterocycles. The average Bonchev–Trinajstić information content (AvgIpc) is 3.08. The molecule has 0 unspecified atom stereocenters. The molecular formula is C16H18F2N4O5S. The standard InChI is InChI=1S/C16H18F2N4O5S/c1-3-4-5-6-13-20-21-16(28-13)19-14(23)9-7-11(26-2)12(27-15(17)18)8-10(9)22(24)25/h7-8,15H,3-6H2,1-2H3,(H,19,21,23). The summed E-state index contributed by atoms with van der Waals surface area (Å²) in [6.45, 7) is -1.13. The van der Waals surface area contributed by atoms with Crippen LogP contribution in [0.5, 0.6) is 11.5 Å². The molecule has 9 nitrogen and oxygen atoms in total. The summed E-state index contributed by atoms with van der Waals surface area (Å²) < 4.78 is 34.1. The zero-order chi connectivity index (χ0) is 20.7. The largest absolute Gasteiger partial charge is 0.493 e. The van der Waals surface area contributed by atoms with E-state index in [9.17, 15) is 23.7 Å². The Morgan fingerprint density at radius 2 is 2.07 bits per heavy atom. The van der Waals surface area contributed by atoms with Gasteiger partial charge in [-0.25, -0.2) is 0 Å². The van der Waals surface area contributed by atoms with E-state index >= 15 is 0 Å². The molecule has 1 N–H and O–H groups in total. The lowest BCUT2D eigenvalue weighted by Gasteiger charge is -2.11. The zero-order valence-corrected chi connectivity index (χ0v) is 15.9. The minimum absolute atomic E-state index is 0.178. The van der Waals surface area contributed by atoms with Crippen molar-refractivity contribution in [3.63, 3.8) is 0 Å². The number of aromatic nitrogens is 2. The number of ether oxygens (including phenoxy) is 2. The van der Waals surface area contributed by atoms with Crippen LogP contribution in [0.3, 0.4) is 0 Å². The predicted octanol–water partition coefficient (Wildman–Crippen LogP) is 4.04. The highest BCUT2D eigenvalue weighted by molar-refractivity contribution is 7.15. The van der Waals surface area contributed by atoms with Crippen LogP contribution >= 0.6 is 11.3 Å². The van der Waals surface area contributed by atoms with Crippen molar-refractivity contribution < 1.29 is 28.0 Å². The van der Waals surface area contributed by atoms with Crippen LogP contribution in [0.15, 0.2) is 12.1 Å². The van der Waals surface area contributed by atoms with E-state index < -0.39 is 28.9 Å². The van der Waals surface area contributed by atoms with Gasteiger partial charge in [0.05, 0.1) is 18.1 Å². The SMILES string of the molecule is CCCCCc1nnc(NC(=O)c2cc(OC)c(OC(F)F)cc2[N+](=O)[O-])s1. The molecule has 28 heavy (non-hydrogen) atoms. The molecule has 0 saturated heterocycles. The van der Waals surface area contributed by atoms with E-state index in [4.69, 9.17) is 4.74 Å². The van der Waals surface area contributed by atoms with E-state index in [0.29, 0.717) is 0 Å². The third-order valence-electron chi connectivity index (χ3n) is 3.62. The molecule has 0 aliphatic heterocycles. The van der Waals surface area contributed by atoms with Gasteiger partial charge in [-0.2, -0.15) is 8.78 Å². The monoisotopic (exact) mass is 416 g/mol. The first kappa shape index (κ1) is 21.4. The molecule has 12 heteroatoms. The van der Waals surface area contributed by atoms with Crippen LogP contribution in [0.2, 0.25) is 0 Å². The number of nitro groups is 1. The second-order valence-corrected chi connectivity index (χ2v) is 6.63. The van der Waals surface area contributed by atoms with Crippen molar-refractivity contribution in [1.29, 1.82) is 0 Å². The van der Waals surface area contributed by atoms with Crippen LogP contribution in [0, 0.1) is 10.1 Å². The minimum Gasteiger partial charge on any atom is -0.493 e. The maximum atomic E-state index is 12.5. The van der Waals surface area contributed by atoms with Gasteiger partial charge >= 0.3 is 6.61 Å². The Morgan fingerprint density at radius 1 is 1.32 bits per heavy atom.